The number of rotatable bonds is 8. The average molecular weight is 423 g/mol. The lowest BCUT2D eigenvalue weighted by molar-refractivity contribution is 0.397. The van der Waals surface area contributed by atoms with Gasteiger partial charge >= 0.3 is 0 Å². The maximum absolute atomic E-state index is 5.43. The summed E-state index contributed by atoms with van der Waals surface area (Å²) < 4.78 is 12.7. The molecule has 1 aromatic carbocycles. The first-order valence-corrected chi connectivity index (χ1v) is 10.8. The third-order valence-electron chi connectivity index (χ3n) is 5.36. The number of guanidine groups is 1. The molecule has 0 aliphatic carbocycles. The molecule has 2 aromatic heterocycles. The second-order valence-corrected chi connectivity index (χ2v) is 7.66. The average Bonchev–Trinajstić information content (AvgIpc) is 3.43. The van der Waals surface area contributed by atoms with E-state index in [9.17, 15) is 0 Å². The van der Waals surface area contributed by atoms with Gasteiger partial charge in [0.25, 0.3) is 0 Å². The smallest absolute Gasteiger partial charge is 0.191 e. The molecule has 8 nitrogen and oxygen atoms in total. The minimum atomic E-state index is 0.103. The van der Waals surface area contributed by atoms with E-state index in [1.54, 1.807) is 13.4 Å². The van der Waals surface area contributed by atoms with E-state index >= 15 is 0 Å². The van der Waals surface area contributed by atoms with Crippen molar-refractivity contribution in [2.75, 3.05) is 20.2 Å². The highest BCUT2D eigenvalue weighted by Gasteiger charge is 2.24. The maximum atomic E-state index is 5.43. The van der Waals surface area contributed by atoms with Crippen molar-refractivity contribution in [2.45, 2.75) is 45.2 Å². The molecule has 31 heavy (non-hydrogen) atoms. The summed E-state index contributed by atoms with van der Waals surface area (Å²) in [4.78, 5) is 9.42. The third kappa shape index (κ3) is 5.65. The second-order valence-electron chi connectivity index (χ2n) is 7.66. The van der Waals surface area contributed by atoms with E-state index in [4.69, 9.17) is 14.1 Å². The Morgan fingerprint density at radius 2 is 2.13 bits per heavy atom. The Labute approximate surface area is 182 Å². The van der Waals surface area contributed by atoms with Crippen LogP contribution >= 0.6 is 0 Å². The summed E-state index contributed by atoms with van der Waals surface area (Å²) in [6.45, 7) is 4.28. The van der Waals surface area contributed by atoms with Crippen molar-refractivity contribution < 1.29 is 9.15 Å². The standard InChI is InChI=1S/C23H30N6O2/c1-17-26-22-21(6-3-15-29(22)28-17)27-23(25-14-12-20-5-4-16-31-20)24-13-11-18-7-9-19(30-2)10-8-18/h4-5,7-10,16,21H,3,6,11-15H2,1-2H3,(H2,24,25,27). The molecule has 2 N–H and O–H groups in total. The molecule has 3 aromatic rings. The first-order chi connectivity index (χ1) is 15.2. The lowest BCUT2D eigenvalue weighted by Gasteiger charge is -2.25. The first-order valence-electron chi connectivity index (χ1n) is 10.8. The highest BCUT2D eigenvalue weighted by Crippen LogP contribution is 2.22. The van der Waals surface area contributed by atoms with Crippen molar-refractivity contribution in [2.24, 2.45) is 4.99 Å². The van der Waals surface area contributed by atoms with Crippen LogP contribution < -0.4 is 15.4 Å². The summed E-state index contributed by atoms with van der Waals surface area (Å²) in [6, 6.07) is 12.1. The molecule has 1 unspecified atom stereocenters. The van der Waals surface area contributed by atoms with Crippen LogP contribution in [0.25, 0.3) is 0 Å². The fraction of sp³-hybridized carbons (Fsp3) is 0.435. The predicted molar refractivity (Wildman–Crippen MR) is 119 cm³/mol. The fourth-order valence-corrected chi connectivity index (χ4v) is 3.77. The molecule has 1 aliphatic rings. The van der Waals surface area contributed by atoms with E-state index in [0.717, 1.165) is 67.9 Å². The van der Waals surface area contributed by atoms with E-state index in [1.807, 2.05) is 35.9 Å². The van der Waals surface area contributed by atoms with Crippen LogP contribution in [0.3, 0.4) is 0 Å². The van der Waals surface area contributed by atoms with Crippen LogP contribution in [-0.2, 0) is 19.4 Å². The van der Waals surface area contributed by atoms with Crippen molar-refractivity contribution >= 4 is 5.96 Å². The number of aliphatic imine (C=N–C) groups is 1. The topological polar surface area (TPSA) is 89.5 Å². The minimum Gasteiger partial charge on any atom is -0.497 e. The SMILES string of the molecule is COc1ccc(CCNC(=NCCc2ccco2)NC2CCCn3nc(C)nc32)cc1. The lowest BCUT2D eigenvalue weighted by atomic mass is 10.1. The van der Waals surface area contributed by atoms with Crippen LogP contribution in [0.2, 0.25) is 0 Å². The highest BCUT2D eigenvalue weighted by atomic mass is 16.5. The van der Waals surface area contributed by atoms with E-state index in [-0.39, 0.29) is 6.04 Å². The fourth-order valence-electron chi connectivity index (χ4n) is 3.77. The summed E-state index contributed by atoms with van der Waals surface area (Å²) in [5, 5.41) is 11.6. The number of furan rings is 1. The number of nitrogens with zero attached hydrogens (tertiary/aromatic N) is 4. The zero-order chi connectivity index (χ0) is 21.5. The molecule has 0 saturated heterocycles. The van der Waals surface area contributed by atoms with Gasteiger partial charge in [-0.05, 0) is 56.0 Å². The van der Waals surface area contributed by atoms with Gasteiger partial charge in [0.1, 0.15) is 23.2 Å². The Balaban J connectivity index is 1.39. The van der Waals surface area contributed by atoms with Crippen molar-refractivity contribution in [1.82, 2.24) is 25.4 Å². The largest absolute Gasteiger partial charge is 0.497 e. The molecule has 8 heteroatoms. The van der Waals surface area contributed by atoms with Gasteiger partial charge in [0.05, 0.1) is 19.4 Å². The predicted octanol–water partition coefficient (Wildman–Crippen LogP) is 3.04. The van der Waals surface area contributed by atoms with Gasteiger partial charge in [0.2, 0.25) is 0 Å². The molecule has 1 atom stereocenters. The Morgan fingerprint density at radius 1 is 1.26 bits per heavy atom. The van der Waals surface area contributed by atoms with E-state index in [2.05, 4.69) is 32.8 Å². The molecule has 0 spiro atoms. The van der Waals surface area contributed by atoms with Gasteiger partial charge in [0.15, 0.2) is 5.96 Å². The molecule has 0 fully saturated rings. The Bertz CT molecular complexity index is 978. The van der Waals surface area contributed by atoms with Gasteiger partial charge in [-0.25, -0.2) is 9.67 Å². The maximum Gasteiger partial charge on any atom is 0.191 e. The number of methoxy groups -OCH3 is 1. The van der Waals surface area contributed by atoms with E-state index in [0.29, 0.717) is 6.54 Å². The monoisotopic (exact) mass is 422 g/mol. The molecule has 0 amide bonds. The first kappa shape index (κ1) is 21.0. The van der Waals surface area contributed by atoms with Crippen molar-refractivity contribution in [3.8, 4) is 5.75 Å². The Kier molecular flexibility index (Phi) is 6.86. The number of aryl methyl sites for hydroxylation is 2. The number of hydrogen-bond acceptors (Lipinski definition) is 5. The zero-order valence-electron chi connectivity index (χ0n) is 18.2. The number of aromatic nitrogens is 3. The van der Waals surface area contributed by atoms with Gasteiger partial charge in [0, 0.05) is 26.1 Å². The van der Waals surface area contributed by atoms with Crippen LogP contribution in [-0.4, -0.2) is 40.9 Å². The molecule has 3 heterocycles. The molecule has 164 valence electrons. The molecular formula is C23H30N6O2. The molecule has 4 rings (SSSR count). The molecule has 0 saturated carbocycles. The number of benzene rings is 1. The number of ether oxygens (including phenoxy) is 1. The van der Waals surface area contributed by atoms with Crippen molar-refractivity contribution in [1.29, 1.82) is 0 Å². The third-order valence-corrected chi connectivity index (χ3v) is 5.36. The van der Waals surface area contributed by atoms with Gasteiger partial charge in [-0.3, -0.25) is 4.99 Å². The number of nitrogens with one attached hydrogen (secondary N) is 2. The zero-order valence-corrected chi connectivity index (χ0v) is 18.2. The summed E-state index contributed by atoms with van der Waals surface area (Å²) in [6.07, 6.45) is 5.43. The van der Waals surface area contributed by atoms with Crippen LogP contribution in [0.4, 0.5) is 0 Å². The van der Waals surface area contributed by atoms with Gasteiger partial charge in [-0.2, -0.15) is 5.10 Å². The number of hydrogen-bond donors (Lipinski definition) is 2. The van der Waals surface area contributed by atoms with Gasteiger partial charge in [-0.15, -0.1) is 0 Å². The van der Waals surface area contributed by atoms with E-state index < -0.39 is 0 Å². The summed E-state index contributed by atoms with van der Waals surface area (Å²) in [7, 11) is 1.68. The van der Waals surface area contributed by atoms with Crippen molar-refractivity contribution in [3.63, 3.8) is 0 Å². The Hall–Kier alpha value is -3.29. The normalized spacial score (nSPS) is 16.1. The van der Waals surface area contributed by atoms with Crippen LogP contribution in [0, 0.1) is 6.92 Å². The quantitative estimate of drug-likeness (QED) is 0.428. The molecule has 0 bridgehead atoms. The number of fused-ring (bicyclic) bond motifs is 1. The molecule has 1 aliphatic heterocycles. The summed E-state index contributed by atoms with van der Waals surface area (Å²) in [5.74, 6) is 4.40. The van der Waals surface area contributed by atoms with Crippen molar-refractivity contribution in [3.05, 3.63) is 65.6 Å². The Morgan fingerprint density at radius 3 is 2.90 bits per heavy atom. The van der Waals surface area contributed by atoms with Crippen LogP contribution in [0.5, 0.6) is 5.75 Å². The summed E-state index contributed by atoms with van der Waals surface area (Å²) in [5.41, 5.74) is 1.25. The van der Waals surface area contributed by atoms with Gasteiger partial charge < -0.3 is 19.8 Å². The lowest BCUT2D eigenvalue weighted by Crippen LogP contribution is -2.42. The minimum absolute atomic E-state index is 0.103. The van der Waals surface area contributed by atoms with Gasteiger partial charge in [-0.1, -0.05) is 12.1 Å². The molecule has 0 radical (unpaired) electrons. The van der Waals surface area contributed by atoms with Crippen LogP contribution in [0.1, 0.15) is 41.9 Å². The summed E-state index contributed by atoms with van der Waals surface area (Å²) >= 11 is 0. The highest BCUT2D eigenvalue weighted by molar-refractivity contribution is 5.80. The van der Waals surface area contributed by atoms with Crippen LogP contribution in [0.15, 0.2) is 52.1 Å². The van der Waals surface area contributed by atoms with E-state index in [1.165, 1.54) is 5.56 Å². The second kappa shape index (κ2) is 10.1. The molecular weight excluding hydrogens is 392 g/mol.